The lowest BCUT2D eigenvalue weighted by molar-refractivity contribution is -0.203. The van der Waals surface area contributed by atoms with Crippen molar-refractivity contribution in [2.75, 3.05) is 31.6 Å². The van der Waals surface area contributed by atoms with Crippen LogP contribution in [0, 0.1) is 0 Å². The molecule has 10 nitrogen and oxygen atoms in total. The molecule has 37 heavy (non-hydrogen) atoms. The van der Waals surface area contributed by atoms with Gasteiger partial charge in [-0.2, -0.15) is 0 Å². The average molecular weight is 518 g/mol. The molecule has 4 heterocycles. The van der Waals surface area contributed by atoms with E-state index in [9.17, 15) is 9.59 Å². The summed E-state index contributed by atoms with van der Waals surface area (Å²) in [6.45, 7) is 10.1. The minimum absolute atomic E-state index is 0.0441. The van der Waals surface area contributed by atoms with Crippen LogP contribution in [-0.2, 0) is 39.7 Å². The lowest BCUT2D eigenvalue weighted by Gasteiger charge is -2.27. The highest BCUT2D eigenvalue weighted by atomic mass is 16.8. The Hall–Kier alpha value is -2.24. The van der Waals surface area contributed by atoms with Gasteiger partial charge in [-0.3, -0.25) is 9.59 Å². The fraction of sp³-hybridized carbons (Fsp3) is 0.704. The second-order valence-corrected chi connectivity index (χ2v) is 11.2. The molecule has 4 fully saturated rings. The van der Waals surface area contributed by atoms with Crippen molar-refractivity contribution in [3.8, 4) is 0 Å². The normalized spacial score (nSPS) is 32.1. The summed E-state index contributed by atoms with van der Waals surface area (Å²) in [4.78, 5) is 26.1. The molecule has 0 saturated carbocycles. The van der Waals surface area contributed by atoms with E-state index in [0.717, 1.165) is 30.6 Å². The van der Waals surface area contributed by atoms with E-state index in [4.69, 9.17) is 23.7 Å². The maximum atomic E-state index is 12.5. The number of hydrogen-bond donors (Lipinski definition) is 2. The van der Waals surface area contributed by atoms with Crippen molar-refractivity contribution in [1.82, 2.24) is 10.2 Å². The smallest absolute Gasteiger partial charge is 0.224 e. The molecular formula is C27H39N3O7. The molecule has 5 atom stereocenters. The Morgan fingerprint density at radius 1 is 1.08 bits per heavy atom. The van der Waals surface area contributed by atoms with E-state index in [1.165, 1.54) is 0 Å². The number of carbonyl (C=O) groups excluding carboxylic acids is 2. The van der Waals surface area contributed by atoms with E-state index in [-0.39, 0.29) is 42.7 Å². The SMILES string of the molecule is CC1(C)OCC(C2OC(Nc3cccc(CC(=O)NCCCN4CCCC4=O)c3)[C@H]3OC(C)(C)O[C@@H]23)O1. The summed E-state index contributed by atoms with van der Waals surface area (Å²) in [6, 6.07) is 7.74. The summed E-state index contributed by atoms with van der Waals surface area (Å²) in [5.74, 6) is -1.22. The van der Waals surface area contributed by atoms with Gasteiger partial charge in [-0.05, 0) is 58.2 Å². The number of anilines is 1. The molecule has 5 rings (SSSR count). The summed E-state index contributed by atoms with van der Waals surface area (Å²) >= 11 is 0. The quantitative estimate of drug-likeness (QED) is 0.480. The molecule has 4 saturated heterocycles. The number of nitrogens with one attached hydrogen (secondary N) is 2. The number of amides is 2. The van der Waals surface area contributed by atoms with Crippen molar-refractivity contribution in [3.63, 3.8) is 0 Å². The van der Waals surface area contributed by atoms with Crippen molar-refractivity contribution in [2.24, 2.45) is 0 Å². The number of ether oxygens (including phenoxy) is 5. The van der Waals surface area contributed by atoms with E-state index in [2.05, 4.69) is 10.6 Å². The number of likely N-dealkylation sites (tertiary alicyclic amines) is 1. The van der Waals surface area contributed by atoms with Crippen LogP contribution in [0.4, 0.5) is 5.69 Å². The zero-order valence-corrected chi connectivity index (χ0v) is 22.2. The van der Waals surface area contributed by atoms with Crippen molar-refractivity contribution < 1.29 is 33.3 Å². The Kier molecular flexibility index (Phi) is 7.48. The molecule has 1 aromatic rings. The first kappa shape index (κ1) is 26.4. The number of rotatable bonds is 9. The summed E-state index contributed by atoms with van der Waals surface area (Å²) < 4.78 is 30.6. The van der Waals surface area contributed by atoms with Crippen LogP contribution in [0.15, 0.2) is 24.3 Å². The van der Waals surface area contributed by atoms with Crippen LogP contribution in [0.3, 0.4) is 0 Å². The summed E-state index contributed by atoms with van der Waals surface area (Å²) in [7, 11) is 0. The van der Waals surface area contributed by atoms with Crippen LogP contribution in [0.25, 0.3) is 0 Å². The minimum Gasteiger partial charge on any atom is -0.358 e. The molecular weight excluding hydrogens is 478 g/mol. The van der Waals surface area contributed by atoms with Gasteiger partial charge in [0.25, 0.3) is 0 Å². The molecule has 4 aliphatic heterocycles. The van der Waals surface area contributed by atoms with Gasteiger partial charge in [0.2, 0.25) is 11.8 Å². The lowest BCUT2D eigenvalue weighted by Crippen LogP contribution is -2.40. The fourth-order valence-electron chi connectivity index (χ4n) is 5.54. The van der Waals surface area contributed by atoms with E-state index in [0.29, 0.717) is 26.1 Å². The van der Waals surface area contributed by atoms with Crippen molar-refractivity contribution >= 4 is 17.5 Å². The van der Waals surface area contributed by atoms with Crippen LogP contribution >= 0.6 is 0 Å². The number of benzene rings is 1. The molecule has 0 radical (unpaired) electrons. The van der Waals surface area contributed by atoms with Gasteiger partial charge in [0.05, 0.1) is 13.0 Å². The second-order valence-electron chi connectivity index (χ2n) is 11.2. The van der Waals surface area contributed by atoms with Crippen molar-refractivity contribution in [3.05, 3.63) is 29.8 Å². The molecule has 4 aliphatic rings. The highest BCUT2D eigenvalue weighted by Crippen LogP contribution is 2.42. The van der Waals surface area contributed by atoms with E-state index in [1.54, 1.807) is 0 Å². The Labute approximate surface area is 218 Å². The predicted octanol–water partition coefficient (Wildman–Crippen LogP) is 2.17. The second kappa shape index (κ2) is 10.5. The third-order valence-electron chi connectivity index (χ3n) is 7.19. The number of carbonyl (C=O) groups is 2. The van der Waals surface area contributed by atoms with Crippen LogP contribution in [0.1, 0.15) is 52.5 Å². The topological polar surface area (TPSA) is 108 Å². The van der Waals surface area contributed by atoms with Gasteiger partial charge < -0.3 is 39.2 Å². The first-order valence-electron chi connectivity index (χ1n) is 13.3. The monoisotopic (exact) mass is 517 g/mol. The Morgan fingerprint density at radius 2 is 1.89 bits per heavy atom. The van der Waals surface area contributed by atoms with Crippen LogP contribution < -0.4 is 10.6 Å². The molecule has 0 aromatic heterocycles. The maximum absolute atomic E-state index is 12.5. The molecule has 0 spiro atoms. The lowest BCUT2D eigenvalue weighted by atomic mass is 10.1. The summed E-state index contributed by atoms with van der Waals surface area (Å²) in [5.41, 5.74) is 1.72. The van der Waals surface area contributed by atoms with Crippen LogP contribution in [0.5, 0.6) is 0 Å². The number of nitrogens with zero attached hydrogens (tertiary/aromatic N) is 1. The molecule has 2 N–H and O–H groups in total. The van der Waals surface area contributed by atoms with Gasteiger partial charge in [0, 0.05) is 31.7 Å². The van der Waals surface area contributed by atoms with Gasteiger partial charge in [-0.15, -0.1) is 0 Å². The molecule has 1 aromatic carbocycles. The van der Waals surface area contributed by atoms with Gasteiger partial charge in [-0.25, -0.2) is 0 Å². The first-order valence-corrected chi connectivity index (χ1v) is 13.3. The predicted molar refractivity (Wildman–Crippen MR) is 135 cm³/mol. The van der Waals surface area contributed by atoms with E-state index < -0.39 is 17.8 Å². The Balaban J connectivity index is 1.15. The van der Waals surface area contributed by atoms with Crippen molar-refractivity contribution in [2.45, 2.75) is 95.6 Å². The van der Waals surface area contributed by atoms with Gasteiger partial charge in [0.1, 0.15) is 24.4 Å². The number of fused-ring (bicyclic) bond motifs is 1. The standard InChI is InChI=1S/C27H39N3O7/c1-26(2)33-16-19(35-26)22-23-24(37-27(3,4)36-23)25(34-22)29-18-9-5-8-17(14-18)15-20(31)28-11-7-13-30-12-6-10-21(30)32/h5,8-9,14,19,22-25,29H,6-7,10-13,15-16H2,1-4H3,(H,28,31)/t19?,22?,23-,24-,25?/m0/s1. The average Bonchev–Trinajstić information content (AvgIpc) is 3.56. The number of hydrogen-bond acceptors (Lipinski definition) is 8. The van der Waals surface area contributed by atoms with Gasteiger partial charge >= 0.3 is 0 Å². The molecule has 2 amide bonds. The molecule has 10 heteroatoms. The van der Waals surface area contributed by atoms with Gasteiger partial charge in [-0.1, -0.05) is 12.1 Å². The Morgan fingerprint density at radius 3 is 2.62 bits per heavy atom. The largest absolute Gasteiger partial charge is 0.358 e. The third-order valence-corrected chi connectivity index (χ3v) is 7.19. The van der Waals surface area contributed by atoms with Gasteiger partial charge in [0.15, 0.2) is 17.8 Å². The third kappa shape index (κ3) is 6.26. The summed E-state index contributed by atoms with van der Waals surface area (Å²) in [6.07, 6.45) is 0.953. The fourth-order valence-corrected chi connectivity index (χ4v) is 5.54. The van der Waals surface area contributed by atoms with Crippen LogP contribution in [-0.4, -0.2) is 85.2 Å². The minimum atomic E-state index is -0.728. The van der Waals surface area contributed by atoms with Crippen LogP contribution in [0.2, 0.25) is 0 Å². The molecule has 0 aliphatic carbocycles. The summed E-state index contributed by atoms with van der Waals surface area (Å²) in [5, 5.41) is 6.39. The van der Waals surface area contributed by atoms with Crippen molar-refractivity contribution in [1.29, 1.82) is 0 Å². The zero-order valence-electron chi connectivity index (χ0n) is 22.2. The first-order chi connectivity index (χ1) is 17.6. The van der Waals surface area contributed by atoms with E-state index >= 15 is 0 Å². The highest BCUT2D eigenvalue weighted by Gasteiger charge is 2.59. The molecule has 3 unspecified atom stereocenters. The Bertz CT molecular complexity index is 1000. The zero-order chi connectivity index (χ0) is 26.2. The maximum Gasteiger partial charge on any atom is 0.224 e. The molecule has 204 valence electrons. The van der Waals surface area contributed by atoms with E-state index in [1.807, 2.05) is 56.9 Å². The molecule has 0 bridgehead atoms. The highest BCUT2D eigenvalue weighted by molar-refractivity contribution is 5.79.